The van der Waals surface area contributed by atoms with Crippen LogP contribution in [0.2, 0.25) is 0 Å². The van der Waals surface area contributed by atoms with Crippen LogP contribution in [0.3, 0.4) is 0 Å². The Bertz CT molecular complexity index is 266. The van der Waals surface area contributed by atoms with Crippen molar-refractivity contribution in [3.05, 3.63) is 24.0 Å². The third-order valence-electron chi connectivity index (χ3n) is 2.21. The summed E-state index contributed by atoms with van der Waals surface area (Å²) in [7, 11) is 0. The Kier molecular flexibility index (Phi) is 1.86. The third kappa shape index (κ3) is 1.22. The van der Waals surface area contributed by atoms with Gasteiger partial charge in [-0.05, 0) is 25.0 Å². The maximum absolute atomic E-state index is 11.3. The quantitative estimate of drug-likeness (QED) is 0.660. The molecule has 0 spiro atoms. The van der Waals surface area contributed by atoms with Gasteiger partial charge in [-0.3, -0.25) is 10.1 Å². The van der Waals surface area contributed by atoms with Crippen molar-refractivity contribution in [2.45, 2.75) is 18.8 Å². The van der Waals surface area contributed by atoms with E-state index in [1.165, 1.54) is 0 Å². The van der Waals surface area contributed by atoms with Gasteiger partial charge < -0.3 is 4.98 Å². The van der Waals surface area contributed by atoms with Gasteiger partial charge in [-0.1, -0.05) is 0 Å². The van der Waals surface area contributed by atoms with E-state index in [0.29, 0.717) is 6.54 Å². The van der Waals surface area contributed by atoms with Gasteiger partial charge in [0.1, 0.15) is 0 Å². The van der Waals surface area contributed by atoms with Crippen LogP contribution in [0.5, 0.6) is 0 Å². The summed E-state index contributed by atoms with van der Waals surface area (Å²) in [6.07, 6.45) is 3.80. The monoisotopic (exact) mass is 163 g/mol. The molecule has 63 valence electrons. The number of hydrogen-bond acceptors (Lipinski definition) is 1. The lowest BCUT2D eigenvalue weighted by Crippen LogP contribution is -2.29. The molecule has 0 saturated carbocycles. The number of amides is 1. The van der Waals surface area contributed by atoms with Crippen molar-refractivity contribution in [1.82, 2.24) is 10.3 Å². The van der Waals surface area contributed by atoms with Crippen molar-refractivity contribution in [2.75, 3.05) is 6.54 Å². The van der Waals surface area contributed by atoms with Gasteiger partial charge in [0.2, 0.25) is 5.91 Å². The molecule has 1 atom stereocenters. The summed E-state index contributed by atoms with van der Waals surface area (Å²) in [5.41, 5.74) is 1.00. The number of piperidine rings is 1. The van der Waals surface area contributed by atoms with Crippen LogP contribution in [0.1, 0.15) is 24.5 Å². The molecular weight excluding hydrogens is 152 g/mol. The van der Waals surface area contributed by atoms with E-state index in [9.17, 15) is 4.79 Å². The second-order valence-corrected chi connectivity index (χ2v) is 3.04. The Hall–Kier alpha value is -1.25. The van der Waals surface area contributed by atoms with Crippen molar-refractivity contribution in [2.24, 2.45) is 0 Å². The molecule has 2 rings (SSSR count). The van der Waals surface area contributed by atoms with Crippen LogP contribution >= 0.6 is 0 Å². The molecule has 1 aliphatic heterocycles. The van der Waals surface area contributed by atoms with Crippen LogP contribution in [0.25, 0.3) is 0 Å². The fourth-order valence-corrected chi connectivity index (χ4v) is 1.57. The van der Waals surface area contributed by atoms with E-state index in [-0.39, 0.29) is 11.8 Å². The van der Waals surface area contributed by atoms with Gasteiger partial charge in [-0.2, -0.15) is 0 Å². The summed E-state index contributed by atoms with van der Waals surface area (Å²) < 4.78 is 0. The smallest absolute Gasteiger partial charge is 0.250 e. The number of carbonyl (C=O) groups excluding carboxylic acids is 1. The Balaban J connectivity index is 2.17. The Morgan fingerprint density at radius 2 is 2.50 bits per heavy atom. The highest BCUT2D eigenvalue weighted by Gasteiger charge is 2.25. The van der Waals surface area contributed by atoms with Crippen molar-refractivity contribution in [1.29, 1.82) is 0 Å². The highest BCUT2D eigenvalue weighted by atomic mass is 16.1. The Labute approximate surface area is 71.2 Å². The van der Waals surface area contributed by atoms with E-state index in [4.69, 9.17) is 0 Å². The van der Waals surface area contributed by atoms with Gasteiger partial charge in [0.05, 0.1) is 5.92 Å². The lowest BCUT2D eigenvalue weighted by molar-refractivity contribution is -0.124. The van der Waals surface area contributed by atoms with Gasteiger partial charge in [-0.25, -0.2) is 0 Å². The number of aromatic nitrogens is 1. The van der Waals surface area contributed by atoms with Crippen LogP contribution in [-0.4, -0.2) is 17.4 Å². The van der Waals surface area contributed by atoms with Crippen molar-refractivity contribution in [3.8, 4) is 0 Å². The van der Waals surface area contributed by atoms with Gasteiger partial charge in [-0.15, -0.1) is 0 Å². The predicted octanol–water partition coefficient (Wildman–Crippen LogP) is 1.02. The molecule has 12 heavy (non-hydrogen) atoms. The van der Waals surface area contributed by atoms with E-state index in [0.717, 1.165) is 18.5 Å². The molecule has 1 saturated heterocycles. The minimum absolute atomic E-state index is 0.00579. The minimum atomic E-state index is -0.00579. The number of hydrogen-bond donors (Lipinski definition) is 1. The lowest BCUT2D eigenvalue weighted by Gasteiger charge is -2.18. The molecule has 1 fully saturated rings. The van der Waals surface area contributed by atoms with Crippen LogP contribution in [-0.2, 0) is 4.79 Å². The summed E-state index contributed by atoms with van der Waals surface area (Å²) in [5.74, 6) is 0.0254. The molecule has 3 heteroatoms. The van der Waals surface area contributed by atoms with Gasteiger partial charge in [0, 0.05) is 18.4 Å². The van der Waals surface area contributed by atoms with E-state index in [1.807, 2.05) is 18.3 Å². The SMILES string of the molecule is O=C1[N]CCCC1c1ccc[nH]1. The van der Waals surface area contributed by atoms with Crippen molar-refractivity contribution < 1.29 is 4.79 Å². The standard InChI is InChI=1S/C9H11N2O/c12-9-7(3-1-6-11-9)8-4-2-5-10-8/h2,4-5,7,10H,1,3,6H2. The zero-order valence-corrected chi connectivity index (χ0v) is 6.79. The summed E-state index contributed by atoms with van der Waals surface area (Å²) >= 11 is 0. The zero-order chi connectivity index (χ0) is 8.39. The largest absolute Gasteiger partial charge is 0.364 e. The average Bonchev–Trinajstić information content (AvgIpc) is 2.57. The molecule has 3 nitrogen and oxygen atoms in total. The zero-order valence-electron chi connectivity index (χ0n) is 6.79. The normalized spacial score (nSPS) is 23.7. The predicted molar refractivity (Wildman–Crippen MR) is 44.8 cm³/mol. The molecular formula is C9H11N2O. The Morgan fingerprint density at radius 1 is 1.58 bits per heavy atom. The number of nitrogens with one attached hydrogen (secondary N) is 1. The first kappa shape index (κ1) is 7.40. The lowest BCUT2D eigenvalue weighted by atomic mass is 9.95. The first-order valence-corrected chi connectivity index (χ1v) is 4.22. The molecule has 1 radical (unpaired) electrons. The molecule has 0 bridgehead atoms. The highest BCUT2D eigenvalue weighted by Crippen LogP contribution is 2.22. The number of H-pyrrole nitrogens is 1. The number of nitrogens with zero attached hydrogens (tertiary/aromatic N) is 1. The first-order valence-electron chi connectivity index (χ1n) is 4.22. The number of rotatable bonds is 1. The van der Waals surface area contributed by atoms with Crippen LogP contribution in [0, 0.1) is 0 Å². The summed E-state index contributed by atoms with van der Waals surface area (Å²) in [4.78, 5) is 14.4. The molecule has 2 heterocycles. The molecule has 1 aromatic rings. The van der Waals surface area contributed by atoms with Crippen LogP contribution < -0.4 is 5.32 Å². The molecule has 0 aliphatic carbocycles. The molecule has 1 aliphatic rings. The van der Waals surface area contributed by atoms with Crippen molar-refractivity contribution in [3.63, 3.8) is 0 Å². The first-order chi connectivity index (χ1) is 5.88. The summed E-state index contributed by atoms with van der Waals surface area (Å²) in [5, 5.41) is 3.91. The maximum atomic E-state index is 11.3. The molecule has 1 unspecified atom stereocenters. The third-order valence-corrected chi connectivity index (χ3v) is 2.21. The fourth-order valence-electron chi connectivity index (χ4n) is 1.57. The van der Waals surface area contributed by atoms with Crippen LogP contribution in [0.15, 0.2) is 18.3 Å². The molecule has 1 aromatic heterocycles. The van der Waals surface area contributed by atoms with E-state index in [2.05, 4.69) is 10.3 Å². The summed E-state index contributed by atoms with van der Waals surface area (Å²) in [6.45, 7) is 0.704. The second-order valence-electron chi connectivity index (χ2n) is 3.04. The second kappa shape index (κ2) is 3.01. The number of aromatic amines is 1. The van der Waals surface area contributed by atoms with E-state index >= 15 is 0 Å². The average molecular weight is 163 g/mol. The molecule has 1 N–H and O–H groups in total. The van der Waals surface area contributed by atoms with Gasteiger partial charge in [0.25, 0.3) is 0 Å². The Morgan fingerprint density at radius 3 is 3.17 bits per heavy atom. The van der Waals surface area contributed by atoms with Crippen LogP contribution in [0.4, 0.5) is 0 Å². The maximum Gasteiger partial charge on any atom is 0.250 e. The topological polar surface area (TPSA) is 47.0 Å². The minimum Gasteiger partial charge on any atom is -0.364 e. The van der Waals surface area contributed by atoms with E-state index < -0.39 is 0 Å². The molecule has 0 aromatic carbocycles. The van der Waals surface area contributed by atoms with E-state index in [1.54, 1.807) is 0 Å². The molecule has 1 amide bonds. The fraction of sp³-hybridized carbons (Fsp3) is 0.444. The van der Waals surface area contributed by atoms with Gasteiger partial charge >= 0.3 is 0 Å². The number of carbonyl (C=O) groups is 1. The summed E-state index contributed by atoms with van der Waals surface area (Å²) in [6, 6.07) is 3.86. The highest BCUT2D eigenvalue weighted by molar-refractivity contribution is 5.83. The van der Waals surface area contributed by atoms with Crippen molar-refractivity contribution >= 4 is 5.91 Å². The van der Waals surface area contributed by atoms with Gasteiger partial charge in [0.15, 0.2) is 0 Å².